The van der Waals surface area contributed by atoms with Gasteiger partial charge in [0, 0.05) is 23.2 Å². The highest BCUT2D eigenvalue weighted by atomic mass is 35.5. The third kappa shape index (κ3) is 2.98. The number of carbonyl (C=O) groups is 1. The van der Waals surface area contributed by atoms with E-state index in [0.717, 1.165) is 11.3 Å². The summed E-state index contributed by atoms with van der Waals surface area (Å²) in [5.74, 6) is -0.234. The average molecular weight is 346 g/mol. The smallest absolute Gasteiger partial charge is 0.299 e. The fourth-order valence-corrected chi connectivity index (χ4v) is 4.76. The Balaban J connectivity index is 2.42. The second-order valence-corrected chi connectivity index (χ2v) is 8.61. The van der Waals surface area contributed by atoms with Crippen molar-refractivity contribution in [3.63, 3.8) is 0 Å². The van der Waals surface area contributed by atoms with E-state index in [4.69, 9.17) is 17.3 Å². The van der Waals surface area contributed by atoms with Crippen LogP contribution in [0.15, 0.2) is 6.07 Å². The van der Waals surface area contributed by atoms with E-state index in [1.807, 2.05) is 27.7 Å². The lowest BCUT2D eigenvalue weighted by Crippen LogP contribution is -2.65. The standard InChI is InChI=1S/C14H20ClN3O3S/c1-13(2)6-8(16)7-14(3,4)17(13)12(19)10-5-9(18(20)21)11(15)22-10/h5,8H,6-7,16H2,1-4H3. The van der Waals surface area contributed by atoms with Gasteiger partial charge in [0.2, 0.25) is 0 Å². The van der Waals surface area contributed by atoms with E-state index in [1.54, 1.807) is 4.90 Å². The van der Waals surface area contributed by atoms with Gasteiger partial charge < -0.3 is 10.6 Å². The molecule has 1 fully saturated rings. The molecule has 0 atom stereocenters. The molecule has 8 heteroatoms. The van der Waals surface area contributed by atoms with Crippen LogP contribution in [-0.4, -0.2) is 32.9 Å². The summed E-state index contributed by atoms with van der Waals surface area (Å²) in [6.07, 6.45) is 1.37. The van der Waals surface area contributed by atoms with E-state index in [-0.39, 0.29) is 26.8 Å². The van der Waals surface area contributed by atoms with Gasteiger partial charge >= 0.3 is 0 Å². The molecule has 0 radical (unpaired) electrons. The van der Waals surface area contributed by atoms with E-state index in [9.17, 15) is 14.9 Å². The van der Waals surface area contributed by atoms with Gasteiger partial charge in [-0.15, -0.1) is 11.3 Å². The highest BCUT2D eigenvalue weighted by molar-refractivity contribution is 7.18. The second-order valence-electron chi connectivity index (χ2n) is 6.96. The number of nitrogens with zero attached hydrogens (tertiary/aromatic N) is 2. The lowest BCUT2D eigenvalue weighted by Gasteiger charge is -2.54. The fraction of sp³-hybridized carbons (Fsp3) is 0.643. The SMILES string of the molecule is CC1(C)CC(N)CC(C)(C)N1C(=O)c1cc([N+](=O)[O-])c(Cl)s1. The number of nitrogens with two attached hydrogens (primary N) is 1. The van der Waals surface area contributed by atoms with Crippen molar-refractivity contribution >= 4 is 34.5 Å². The van der Waals surface area contributed by atoms with Gasteiger partial charge in [-0.3, -0.25) is 14.9 Å². The third-order valence-corrected chi connectivity index (χ3v) is 5.34. The van der Waals surface area contributed by atoms with E-state index in [0.29, 0.717) is 12.8 Å². The minimum atomic E-state index is -0.571. The Morgan fingerprint density at radius 2 is 1.91 bits per heavy atom. The summed E-state index contributed by atoms with van der Waals surface area (Å²) in [6.45, 7) is 7.87. The predicted octanol–water partition coefficient (Wildman–Crippen LogP) is 3.43. The molecule has 0 unspecified atom stereocenters. The van der Waals surface area contributed by atoms with Gasteiger partial charge in [-0.1, -0.05) is 11.6 Å². The van der Waals surface area contributed by atoms with Crippen LogP contribution in [0.4, 0.5) is 5.69 Å². The van der Waals surface area contributed by atoms with Crippen molar-refractivity contribution in [2.45, 2.75) is 57.7 Å². The van der Waals surface area contributed by atoms with Gasteiger partial charge in [0.25, 0.3) is 11.6 Å². The van der Waals surface area contributed by atoms with Crippen LogP contribution in [0.25, 0.3) is 0 Å². The number of nitro groups is 1. The molecule has 22 heavy (non-hydrogen) atoms. The van der Waals surface area contributed by atoms with Crippen molar-refractivity contribution in [2.24, 2.45) is 5.73 Å². The van der Waals surface area contributed by atoms with Crippen molar-refractivity contribution in [1.82, 2.24) is 4.90 Å². The molecule has 0 saturated carbocycles. The van der Waals surface area contributed by atoms with Gasteiger partial charge in [0.05, 0.1) is 4.92 Å². The Morgan fingerprint density at radius 3 is 2.32 bits per heavy atom. The van der Waals surface area contributed by atoms with Crippen molar-refractivity contribution in [3.05, 3.63) is 25.4 Å². The molecule has 2 rings (SSSR count). The van der Waals surface area contributed by atoms with Crippen molar-refractivity contribution in [2.75, 3.05) is 0 Å². The highest BCUT2D eigenvalue weighted by Crippen LogP contribution is 2.41. The first-order valence-corrected chi connectivity index (χ1v) is 8.19. The number of rotatable bonds is 2. The molecule has 1 aromatic rings. The van der Waals surface area contributed by atoms with Crippen molar-refractivity contribution in [3.8, 4) is 0 Å². The maximum Gasteiger partial charge on any atom is 0.299 e. The van der Waals surface area contributed by atoms with E-state index < -0.39 is 16.0 Å². The maximum atomic E-state index is 12.9. The first-order chi connectivity index (χ1) is 9.95. The lowest BCUT2D eigenvalue weighted by atomic mass is 9.77. The Kier molecular flexibility index (Phi) is 4.27. The molecular weight excluding hydrogens is 326 g/mol. The molecule has 0 aliphatic carbocycles. The number of carbonyl (C=O) groups excluding carboxylic acids is 1. The summed E-state index contributed by atoms with van der Waals surface area (Å²) in [6, 6.07) is 1.28. The number of halogens is 1. The van der Waals surface area contributed by atoms with Gasteiger partial charge in [0.15, 0.2) is 4.34 Å². The van der Waals surface area contributed by atoms with Gasteiger partial charge in [-0.25, -0.2) is 0 Å². The molecule has 1 aliphatic heterocycles. The Bertz CT molecular complexity index is 609. The lowest BCUT2D eigenvalue weighted by molar-refractivity contribution is -0.384. The zero-order valence-corrected chi connectivity index (χ0v) is 14.6. The van der Waals surface area contributed by atoms with Crippen LogP contribution in [0.1, 0.15) is 50.2 Å². The molecule has 0 aromatic carbocycles. The number of likely N-dealkylation sites (tertiary alicyclic amines) is 1. The van der Waals surface area contributed by atoms with Crippen LogP contribution in [0.2, 0.25) is 4.34 Å². The Morgan fingerprint density at radius 1 is 1.41 bits per heavy atom. The Labute approximate surface area is 138 Å². The number of piperidine rings is 1. The van der Waals surface area contributed by atoms with Crippen LogP contribution < -0.4 is 5.73 Å². The van der Waals surface area contributed by atoms with Gasteiger partial charge in [-0.2, -0.15) is 0 Å². The quantitative estimate of drug-likeness (QED) is 0.656. The minimum absolute atomic E-state index is 0.0234. The average Bonchev–Trinajstić information content (AvgIpc) is 2.67. The van der Waals surface area contributed by atoms with E-state index in [2.05, 4.69) is 0 Å². The fourth-order valence-electron chi connectivity index (χ4n) is 3.61. The number of hydrogen-bond donors (Lipinski definition) is 1. The molecule has 1 aromatic heterocycles. The van der Waals surface area contributed by atoms with E-state index in [1.165, 1.54) is 6.07 Å². The minimum Gasteiger partial charge on any atom is -0.328 e. The monoisotopic (exact) mass is 345 g/mol. The predicted molar refractivity (Wildman–Crippen MR) is 87.5 cm³/mol. The van der Waals surface area contributed by atoms with E-state index >= 15 is 0 Å². The first-order valence-electron chi connectivity index (χ1n) is 7.00. The summed E-state index contributed by atoms with van der Waals surface area (Å²) >= 11 is 6.82. The molecule has 0 bridgehead atoms. The van der Waals surface area contributed by atoms with Crippen LogP contribution in [-0.2, 0) is 0 Å². The molecule has 122 valence electrons. The van der Waals surface area contributed by atoms with Gasteiger partial charge in [-0.05, 0) is 40.5 Å². The molecule has 1 amide bonds. The first kappa shape index (κ1) is 17.2. The zero-order valence-electron chi connectivity index (χ0n) is 13.1. The zero-order chi connectivity index (χ0) is 16.9. The van der Waals surface area contributed by atoms with Crippen LogP contribution in [0.5, 0.6) is 0 Å². The third-order valence-electron chi connectivity index (χ3n) is 4.01. The van der Waals surface area contributed by atoms with Crippen LogP contribution in [0.3, 0.4) is 0 Å². The summed E-state index contributed by atoms with van der Waals surface area (Å²) in [4.78, 5) is 25.4. The van der Waals surface area contributed by atoms with Crippen molar-refractivity contribution < 1.29 is 9.72 Å². The summed E-state index contributed by atoms with van der Waals surface area (Å²) in [5.41, 5.74) is 5.03. The largest absolute Gasteiger partial charge is 0.328 e. The Hall–Kier alpha value is -1.18. The summed E-state index contributed by atoms with van der Waals surface area (Å²) < 4.78 is 0.0256. The number of hydrogen-bond acceptors (Lipinski definition) is 5. The molecule has 2 heterocycles. The maximum absolute atomic E-state index is 12.9. The summed E-state index contributed by atoms with van der Waals surface area (Å²) in [5, 5.41) is 10.9. The second kappa shape index (κ2) is 5.47. The molecule has 6 nitrogen and oxygen atoms in total. The molecular formula is C14H20ClN3O3S. The van der Waals surface area contributed by atoms with Crippen molar-refractivity contribution in [1.29, 1.82) is 0 Å². The molecule has 1 saturated heterocycles. The van der Waals surface area contributed by atoms with Crippen LogP contribution >= 0.6 is 22.9 Å². The highest BCUT2D eigenvalue weighted by Gasteiger charge is 2.47. The van der Waals surface area contributed by atoms with Crippen LogP contribution in [0, 0.1) is 10.1 Å². The number of amides is 1. The normalized spacial score (nSPS) is 20.9. The molecule has 2 N–H and O–H groups in total. The molecule has 0 spiro atoms. The molecule has 1 aliphatic rings. The van der Waals surface area contributed by atoms with Gasteiger partial charge in [0.1, 0.15) is 4.88 Å². The number of thiophene rings is 1. The topological polar surface area (TPSA) is 89.5 Å². The summed E-state index contributed by atoms with van der Waals surface area (Å²) in [7, 11) is 0.